The number of rotatable bonds is 9. The standard InChI is InChI=1S/C17H25NO4/c1-5-20-17(21-6-2)13(3)11-12-22-16-9-7-15(8-10-16)18-14(4)19/h7-11,17H,5-6,12H2,1-4H3,(H,18,19)/b13-11+. The Hall–Kier alpha value is -1.85. The molecule has 1 rings (SSSR count). The van der Waals surface area contributed by atoms with Crippen molar-refractivity contribution >= 4 is 11.6 Å². The predicted molar refractivity (Wildman–Crippen MR) is 87.0 cm³/mol. The molecule has 1 N–H and O–H groups in total. The van der Waals surface area contributed by atoms with E-state index in [9.17, 15) is 4.79 Å². The Labute approximate surface area is 132 Å². The molecule has 1 aromatic rings. The third-order valence-electron chi connectivity index (χ3n) is 2.84. The maximum atomic E-state index is 10.9. The Morgan fingerprint density at radius 3 is 2.23 bits per heavy atom. The lowest BCUT2D eigenvalue weighted by atomic mass is 10.2. The van der Waals surface area contributed by atoms with Crippen molar-refractivity contribution in [2.75, 3.05) is 25.1 Å². The lowest BCUT2D eigenvalue weighted by Crippen LogP contribution is -2.19. The first-order chi connectivity index (χ1) is 10.6. The summed E-state index contributed by atoms with van der Waals surface area (Å²) in [4.78, 5) is 10.9. The van der Waals surface area contributed by atoms with Crippen LogP contribution in [-0.4, -0.2) is 32.0 Å². The van der Waals surface area contributed by atoms with Gasteiger partial charge in [0.15, 0.2) is 6.29 Å². The topological polar surface area (TPSA) is 56.8 Å². The van der Waals surface area contributed by atoms with Gasteiger partial charge in [-0.2, -0.15) is 0 Å². The number of anilines is 1. The molecule has 22 heavy (non-hydrogen) atoms. The van der Waals surface area contributed by atoms with E-state index in [2.05, 4.69) is 5.32 Å². The Bertz CT molecular complexity index is 476. The molecule has 5 heteroatoms. The van der Waals surface area contributed by atoms with Crippen LogP contribution in [0.1, 0.15) is 27.7 Å². The van der Waals surface area contributed by atoms with Gasteiger partial charge < -0.3 is 19.5 Å². The Morgan fingerprint density at radius 1 is 1.14 bits per heavy atom. The first-order valence-electron chi connectivity index (χ1n) is 7.47. The van der Waals surface area contributed by atoms with Gasteiger partial charge in [-0.25, -0.2) is 0 Å². The molecule has 122 valence electrons. The number of nitrogens with one attached hydrogen (secondary N) is 1. The smallest absolute Gasteiger partial charge is 0.221 e. The van der Waals surface area contributed by atoms with Crippen molar-refractivity contribution in [1.29, 1.82) is 0 Å². The van der Waals surface area contributed by atoms with Crippen molar-refractivity contribution in [3.8, 4) is 5.75 Å². The first-order valence-corrected chi connectivity index (χ1v) is 7.47. The van der Waals surface area contributed by atoms with Crippen molar-refractivity contribution in [3.63, 3.8) is 0 Å². The highest BCUT2D eigenvalue weighted by Gasteiger charge is 2.09. The predicted octanol–water partition coefficient (Wildman–Crippen LogP) is 3.37. The van der Waals surface area contributed by atoms with Crippen LogP contribution in [0.3, 0.4) is 0 Å². The molecule has 0 unspecified atom stereocenters. The molecule has 0 atom stereocenters. The Morgan fingerprint density at radius 2 is 1.73 bits per heavy atom. The van der Waals surface area contributed by atoms with Crippen molar-refractivity contribution in [2.45, 2.75) is 34.0 Å². The fourth-order valence-electron chi connectivity index (χ4n) is 1.82. The lowest BCUT2D eigenvalue weighted by Gasteiger charge is -2.17. The van der Waals surface area contributed by atoms with E-state index in [0.717, 1.165) is 17.0 Å². The van der Waals surface area contributed by atoms with Gasteiger partial charge in [-0.05, 0) is 56.7 Å². The lowest BCUT2D eigenvalue weighted by molar-refractivity contribution is -0.114. The molecule has 5 nitrogen and oxygen atoms in total. The van der Waals surface area contributed by atoms with E-state index in [0.29, 0.717) is 19.8 Å². The number of amides is 1. The van der Waals surface area contributed by atoms with Crippen LogP contribution in [0.2, 0.25) is 0 Å². The zero-order chi connectivity index (χ0) is 16.4. The molecule has 0 saturated carbocycles. The van der Waals surface area contributed by atoms with Gasteiger partial charge in [0, 0.05) is 25.8 Å². The SMILES string of the molecule is CCOC(OCC)/C(C)=C/COc1ccc(NC(C)=O)cc1. The molecule has 0 heterocycles. The molecule has 0 aromatic heterocycles. The number of hydrogen-bond acceptors (Lipinski definition) is 4. The molecule has 0 spiro atoms. The average Bonchev–Trinajstić information content (AvgIpc) is 2.48. The van der Waals surface area contributed by atoms with Crippen LogP contribution in [0, 0.1) is 0 Å². The highest BCUT2D eigenvalue weighted by atomic mass is 16.7. The van der Waals surface area contributed by atoms with E-state index in [1.54, 1.807) is 12.1 Å². The molecule has 0 aliphatic heterocycles. The molecule has 0 aliphatic rings. The highest BCUT2D eigenvalue weighted by Crippen LogP contribution is 2.16. The van der Waals surface area contributed by atoms with Gasteiger partial charge in [-0.1, -0.05) is 0 Å². The minimum Gasteiger partial charge on any atom is -0.490 e. The second-order valence-electron chi connectivity index (χ2n) is 4.71. The molecule has 1 amide bonds. The minimum absolute atomic E-state index is 0.0925. The second-order valence-corrected chi connectivity index (χ2v) is 4.71. The summed E-state index contributed by atoms with van der Waals surface area (Å²) < 4.78 is 16.7. The van der Waals surface area contributed by atoms with Gasteiger partial charge >= 0.3 is 0 Å². The summed E-state index contributed by atoms with van der Waals surface area (Å²) in [5.74, 6) is 0.646. The first kappa shape index (κ1) is 18.2. The summed E-state index contributed by atoms with van der Waals surface area (Å²) in [6, 6.07) is 7.24. The monoisotopic (exact) mass is 307 g/mol. The van der Waals surface area contributed by atoms with Crippen LogP contribution >= 0.6 is 0 Å². The molecule has 0 fully saturated rings. The van der Waals surface area contributed by atoms with E-state index >= 15 is 0 Å². The van der Waals surface area contributed by atoms with Crippen LogP contribution in [-0.2, 0) is 14.3 Å². The summed E-state index contributed by atoms with van der Waals surface area (Å²) in [5, 5.41) is 2.71. The summed E-state index contributed by atoms with van der Waals surface area (Å²) in [6.07, 6.45) is 1.62. The zero-order valence-corrected chi connectivity index (χ0v) is 13.7. The van der Waals surface area contributed by atoms with E-state index in [1.165, 1.54) is 6.92 Å². The Kier molecular flexibility index (Phi) is 8.25. The Balaban J connectivity index is 2.50. The van der Waals surface area contributed by atoms with Crippen molar-refractivity contribution in [3.05, 3.63) is 35.9 Å². The van der Waals surface area contributed by atoms with E-state index in [1.807, 2.05) is 39.0 Å². The van der Waals surface area contributed by atoms with Crippen LogP contribution in [0.4, 0.5) is 5.69 Å². The van der Waals surface area contributed by atoms with E-state index in [4.69, 9.17) is 14.2 Å². The van der Waals surface area contributed by atoms with E-state index in [-0.39, 0.29) is 12.2 Å². The third kappa shape index (κ3) is 6.74. The van der Waals surface area contributed by atoms with Gasteiger partial charge in [-0.3, -0.25) is 4.79 Å². The van der Waals surface area contributed by atoms with Gasteiger partial charge in [0.2, 0.25) is 5.91 Å². The average molecular weight is 307 g/mol. The number of carbonyl (C=O) groups is 1. The summed E-state index contributed by atoms with van der Waals surface area (Å²) in [6.45, 7) is 8.94. The minimum atomic E-state index is -0.319. The largest absolute Gasteiger partial charge is 0.490 e. The molecule has 0 aliphatic carbocycles. The summed E-state index contributed by atoms with van der Waals surface area (Å²) in [5.41, 5.74) is 1.73. The molecule has 0 bridgehead atoms. The van der Waals surface area contributed by atoms with Crippen LogP contribution in [0.15, 0.2) is 35.9 Å². The summed E-state index contributed by atoms with van der Waals surface area (Å²) in [7, 11) is 0. The van der Waals surface area contributed by atoms with Crippen molar-refractivity contribution in [1.82, 2.24) is 0 Å². The fraction of sp³-hybridized carbons (Fsp3) is 0.471. The van der Waals surface area contributed by atoms with Gasteiger partial charge in [0.25, 0.3) is 0 Å². The normalized spacial score (nSPS) is 11.6. The van der Waals surface area contributed by atoms with Gasteiger partial charge in [0.1, 0.15) is 12.4 Å². The molecular formula is C17H25NO4. The van der Waals surface area contributed by atoms with Crippen LogP contribution in [0.5, 0.6) is 5.75 Å². The molecule has 0 saturated heterocycles. The second kappa shape index (κ2) is 9.97. The molecular weight excluding hydrogens is 282 g/mol. The highest BCUT2D eigenvalue weighted by molar-refractivity contribution is 5.88. The number of benzene rings is 1. The maximum Gasteiger partial charge on any atom is 0.221 e. The molecule has 1 aromatic carbocycles. The number of hydrogen-bond donors (Lipinski definition) is 1. The fourth-order valence-corrected chi connectivity index (χ4v) is 1.82. The number of ether oxygens (including phenoxy) is 3. The quantitative estimate of drug-likeness (QED) is 0.561. The van der Waals surface area contributed by atoms with Crippen LogP contribution < -0.4 is 10.1 Å². The van der Waals surface area contributed by atoms with E-state index < -0.39 is 0 Å². The zero-order valence-electron chi connectivity index (χ0n) is 13.7. The van der Waals surface area contributed by atoms with Gasteiger partial charge in [0.05, 0.1) is 0 Å². The third-order valence-corrected chi connectivity index (χ3v) is 2.84. The van der Waals surface area contributed by atoms with Gasteiger partial charge in [-0.15, -0.1) is 0 Å². The maximum absolute atomic E-state index is 10.9. The summed E-state index contributed by atoms with van der Waals surface area (Å²) >= 11 is 0. The van der Waals surface area contributed by atoms with Crippen molar-refractivity contribution in [2.24, 2.45) is 0 Å². The number of carbonyl (C=O) groups excluding carboxylic acids is 1. The van der Waals surface area contributed by atoms with Crippen molar-refractivity contribution < 1.29 is 19.0 Å². The van der Waals surface area contributed by atoms with Crippen LogP contribution in [0.25, 0.3) is 0 Å². The molecule has 0 radical (unpaired) electrons.